The van der Waals surface area contributed by atoms with Gasteiger partial charge < -0.3 is 9.84 Å². The fourth-order valence-electron chi connectivity index (χ4n) is 2.76. The molecule has 1 aromatic rings. The Hall–Kier alpha value is -1.41. The maximum Gasteiger partial charge on any atom is 0.220 e. The molecule has 2 heterocycles. The summed E-state index contributed by atoms with van der Waals surface area (Å²) in [7, 11) is -3.19. The molecule has 0 bridgehead atoms. The summed E-state index contributed by atoms with van der Waals surface area (Å²) in [4.78, 5) is 12.1. The van der Waals surface area contributed by atoms with E-state index in [0.29, 0.717) is 25.9 Å². The van der Waals surface area contributed by atoms with E-state index >= 15 is 0 Å². The van der Waals surface area contributed by atoms with Crippen molar-refractivity contribution < 1.29 is 17.7 Å². The van der Waals surface area contributed by atoms with Gasteiger partial charge in [0.25, 0.3) is 0 Å². The molecular weight excluding hydrogens is 306 g/mol. The van der Waals surface area contributed by atoms with Crippen LogP contribution >= 0.6 is 0 Å². The van der Waals surface area contributed by atoms with Crippen LogP contribution in [0, 0.1) is 13.8 Å². The van der Waals surface area contributed by atoms with Crippen molar-refractivity contribution in [2.45, 2.75) is 45.6 Å². The second kappa shape index (κ2) is 6.78. The van der Waals surface area contributed by atoms with Gasteiger partial charge in [0.2, 0.25) is 15.9 Å². The minimum Gasteiger partial charge on any atom is -0.361 e. The lowest BCUT2D eigenvalue weighted by atomic mass is 10.1. The van der Waals surface area contributed by atoms with E-state index in [2.05, 4.69) is 10.5 Å². The summed E-state index contributed by atoms with van der Waals surface area (Å²) >= 11 is 0. The van der Waals surface area contributed by atoms with E-state index < -0.39 is 10.0 Å². The number of nitrogens with zero attached hydrogens (tertiary/aromatic N) is 2. The highest BCUT2D eigenvalue weighted by Crippen LogP contribution is 2.15. The Kier molecular flexibility index (Phi) is 5.23. The third-order valence-corrected chi connectivity index (χ3v) is 5.27. The molecule has 2 rings (SSSR count). The number of sulfonamides is 1. The Labute approximate surface area is 131 Å². The van der Waals surface area contributed by atoms with Crippen LogP contribution in [0.3, 0.4) is 0 Å². The van der Waals surface area contributed by atoms with Crippen LogP contribution in [0.1, 0.15) is 36.3 Å². The summed E-state index contributed by atoms with van der Waals surface area (Å²) in [6.07, 6.45) is 3.70. The molecule has 7 nitrogen and oxygen atoms in total. The standard InChI is InChI=1S/C14H23N3O4S/c1-10-13(11(2)21-16-10)6-7-14(18)15-12-5-4-8-17(9-12)22(3,19)20/h12H,4-9H2,1-3H3,(H,15,18). The Balaban J connectivity index is 1.84. The molecular formula is C14H23N3O4S. The van der Waals surface area contributed by atoms with Gasteiger partial charge in [-0.05, 0) is 33.1 Å². The number of carbonyl (C=O) groups is 1. The maximum atomic E-state index is 12.1. The van der Waals surface area contributed by atoms with E-state index in [-0.39, 0.29) is 11.9 Å². The van der Waals surface area contributed by atoms with E-state index in [1.807, 2.05) is 13.8 Å². The highest BCUT2D eigenvalue weighted by atomic mass is 32.2. The zero-order chi connectivity index (χ0) is 16.3. The van der Waals surface area contributed by atoms with Gasteiger partial charge in [0.05, 0.1) is 11.9 Å². The molecule has 0 radical (unpaired) electrons. The Morgan fingerprint density at radius 2 is 2.18 bits per heavy atom. The largest absolute Gasteiger partial charge is 0.361 e. The van der Waals surface area contributed by atoms with Crippen molar-refractivity contribution in [3.8, 4) is 0 Å². The van der Waals surface area contributed by atoms with E-state index in [1.165, 1.54) is 10.6 Å². The fraction of sp³-hybridized carbons (Fsp3) is 0.714. The molecule has 1 unspecified atom stereocenters. The molecule has 1 aromatic heterocycles. The average Bonchev–Trinajstić information content (AvgIpc) is 2.75. The minimum atomic E-state index is -3.19. The number of aryl methyl sites for hydroxylation is 2. The van der Waals surface area contributed by atoms with Crippen LogP contribution in [0.25, 0.3) is 0 Å². The molecule has 0 aliphatic carbocycles. The Morgan fingerprint density at radius 3 is 2.77 bits per heavy atom. The first kappa shape index (κ1) is 17.0. The van der Waals surface area contributed by atoms with Crippen molar-refractivity contribution in [1.82, 2.24) is 14.8 Å². The third kappa shape index (κ3) is 4.30. The lowest BCUT2D eigenvalue weighted by Gasteiger charge is -2.31. The normalized spacial score (nSPS) is 20.0. The summed E-state index contributed by atoms with van der Waals surface area (Å²) in [6, 6.07) is -0.111. The van der Waals surface area contributed by atoms with E-state index in [9.17, 15) is 13.2 Å². The number of rotatable bonds is 5. The van der Waals surface area contributed by atoms with Crippen LogP contribution in [-0.4, -0.2) is 49.2 Å². The van der Waals surface area contributed by atoms with Crippen LogP contribution in [0.2, 0.25) is 0 Å². The number of nitrogens with one attached hydrogen (secondary N) is 1. The van der Waals surface area contributed by atoms with Gasteiger partial charge in [-0.2, -0.15) is 0 Å². The van der Waals surface area contributed by atoms with Crippen molar-refractivity contribution in [3.63, 3.8) is 0 Å². The fourth-order valence-corrected chi connectivity index (χ4v) is 3.67. The number of hydrogen-bond acceptors (Lipinski definition) is 5. The molecule has 22 heavy (non-hydrogen) atoms. The van der Waals surface area contributed by atoms with Crippen LogP contribution in [0.5, 0.6) is 0 Å². The van der Waals surface area contributed by atoms with Gasteiger partial charge in [-0.25, -0.2) is 12.7 Å². The Morgan fingerprint density at radius 1 is 1.45 bits per heavy atom. The summed E-state index contributed by atoms with van der Waals surface area (Å²) in [6.45, 7) is 4.58. The molecule has 1 aliphatic heterocycles. The summed E-state index contributed by atoms with van der Waals surface area (Å²) in [5, 5.41) is 6.79. The first-order valence-corrected chi connectivity index (χ1v) is 9.28. The molecule has 1 atom stereocenters. The SMILES string of the molecule is Cc1noc(C)c1CCC(=O)NC1CCCN(S(C)(=O)=O)C1. The zero-order valence-corrected chi connectivity index (χ0v) is 14.1. The van der Waals surface area contributed by atoms with Crippen LogP contribution in [-0.2, 0) is 21.2 Å². The molecule has 0 saturated carbocycles. The number of carbonyl (C=O) groups excluding carboxylic acids is 1. The van der Waals surface area contributed by atoms with Crippen molar-refractivity contribution in [2.24, 2.45) is 0 Å². The zero-order valence-electron chi connectivity index (χ0n) is 13.3. The van der Waals surface area contributed by atoms with E-state index in [1.54, 1.807) is 0 Å². The monoisotopic (exact) mass is 329 g/mol. The molecule has 1 aliphatic rings. The summed E-state index contributed by atoms with van der Waals surface area (Å²) < 4.78 is 29.6. The number of piperidine rings is 1. The van der Waals surface area contributed by atoms with Gasteiger partial charge in [0.15, 0.2) is 0 Å². The lowest BCUT2D eigenvalue weighted by molar-refractivity contribution is -0.122. The summed E-state index contributed by atoms with van der Waals surface area (Å²) in [5.41, 5.74) is 1.78. The second-order valence-electron chi connectivity index (χ2n) is 5.83. The van der Waals surface area contributed by atoms with Gasteiger partial charge in [0, 0.05) is 31.1 Å². The topological polar surface area (TPSA) is 92.5 Å². The van der Waals surface area contributed by atoms with E-state index in [4.69, 9.17) is 4.52 Å². The van der Waals surface area contributed by atoms with Gasteiger partial charge in [-0.15, -0.1) is 0 Å². The molecule has 124 valence electrons. The maximum absolute atomic E-state index is 12.1. The van der Waals surface area contributed by atoms with Gasteiger partial charge in [-0.1, -0.05) is 5.16 Å². The molecule has 0 aromatic carbocycles. The van der Waals surface area contributed by atoms with Crippen molar-refractivity contribution in [1.29, 1.82) is 0 Å². The molecule has 8 heteroatoms. The van der Waals surface area contributed by atoms with E-state index in [0.717, 1.165) is 29.9 Å². The number of hydrogen-bond donors (Lipinski definition) is 1. The molecule has 1 fully saturated rings. The number of aromatic nitrogens is 1. The van der Waals surface area contributed by atoms with Crippen molar-refractivity contribution in [2.75, 3.05) is 19.3 Å². The molecule has 0 spiro atoms. The third-order valence-electron chi connectivity index (χ3n) is 4.00. The average molecular weight is 329 g/mol. The minimum absolute atomic E-state index is 0.0691. The summed E-state index contributed by atoms with van der Waals surface area (Å²) in [5.74, 6) is 0.673. The van der Waals surface area contributed by atoms with Crippen molar-refractivity contribution in [3.05, 3.63) is 17.0 Å². The molecule has 1 N–H and O–H groups in total. The molecule has 1 saturated heterocycles. The predicted molar refractivity (Wildman–Crippen MR) is 81.9 cm³/mol. The van der Waals surface area contributed by atoms with Crippen LogP contribution in [0.4, 0.5) is 0 Å². The second-order valence-corrected chi connectivity index (χ2v) is 7.81. The quantitative estimate of drug-likeness (QED) is 0.861. The van der Waals surface area contributed by atoms with Crippen LogP contribution in [0.15, 0.2) is 4.52 Å². The molecule has 1 amide bonds. The van der Waals surface area contributed by atoms with Gasteiger partial charge >= 0.3 is 0 Å². The Bertz CT molecular complexity index is 619. The number of amides is 1. The van der Waals surface area contributed by atoms with Gasteiger partial charge in [0.1, 0.15) is 5.76 Å². The first-order valence-electron chi connectivity index (χ1n) is 7.43. The lowest BCUT2D eigenvalue weighted by Crippen LogP contribution is -2.49. The van der Waals surface area contributed by atoms with Crippen molar-refractivity contribution >= 4 is 15.9 Å². The highest BCUT2D eigenvalue weighted by molar-refractivity contribution is 7.88. The van der Waals surface area contributed by atoms with Gasteiger partial charge in [-0.3, -0.25) is 4.79 Å². The van der Waals surface area contributed by atoms with Crippen LogP contribution < -0.4 is 5.32 Å². The first-order chi connectivity index (χ1) is 10.3. The highest BCUT2D eigenvalue weighted by Gasteiger charge is 2.26. The predicted octanol–water partition coefficient (Wildman–Crippen LogP) is 0.764. The smallest absolute Gasteiger partial charge is 0.220 e.